The van der Waals surface area contributed by atoms with Crippen molar-refractivity contribution in [3.8, 4) is 5.75 Å². The minimum absolute atomic E-state index is 0.0444. The molecule has 0 saturated heterocycles. The number of unbranched alkanes of at least 4 members (excludes halogenated alkanes) is 2. The topological polar surface area (TPSA) is 60.8 Å². The second kappa shape index (κ2) is 8.32. The number of hydrogen-bond donors (Lipinski definition) is 2. The average molecular weight is 263 g/mol. The molecule has 0 radical (unpaired) electrons. The van der Waals surface area contributed by atoms with Crippen molar-refractivity contribution in [3.05, 3.63) is 35.9 Å². The van der Waals surface area contributed by atoms with Crippen LogP contribution >= 0.6 is 0 Å². The molecule has 0 aliphatic heterocycles. The molecule has 0 bridgehead atoms. The fourth-order valence-electron chi connectivity index (χ4n) is 1.63. The van der Waals surface area contributed by atoms with Gasteiger partial charge in [0.1, 0.15) is 5.75 Å². The van der Waals surface area contributed by atoms with Crippen LogP contribution in [0, 0.1) is 0 Å². The molecule has 1 aromatic carbocycles. The largest absolute Gasteiger partial charge is 0.508 e. The molecule has 0 aliphatic carbocycles. The lowest BCUT2D eigenvalue weighted by atomic mass is 10.2. The van der Waals surface area contributed by atoms with Crippen LogP contribution in [0.2, 0.25) is 0 Å². The molecule has 0 aliphatic rings. The van der Waals surface area contributed by atoms with Crippen LogP contribution in [0.15, 0.2) is 30.3 Å². The summed E-state index contributed by atoms with van der Waals surface area (Å²) in [5.74, 6) is 0.168. The first-order valence-corrected chi connectivity index (χ1v) is 6.46. The van der Waals surface area contributed by atoms with Crippen LogP contribution in [-0.2, 0) is 4.79 Å². The first kappa shape index (κ1) is 15.2. The molecular formula is C15H21NO3. The number of amides is 1. The molecule has 0 atom stereocenters. The van der Waals surface area contributed by atoms with E-state index in [1.165, 1.54) is 6.08 Å². The van der Waals surface area contributed by atoms with Gasteiger partial charge >= 0.3 is 0 Å². The molecule has 0 saturated carbocycles. The highest BCUT2D eigenvalue weighted by atomic mass is 16.3. The van der Waals surface area contributed by atoms with Gasteiger partial charge < -0.3 is 15.1 Å². The van der Waals surface area contributed by atoms with E-state index >= 15 is 0 Å². The first-order chi connectivity index (χ1) is 9.13. The summed E-state index contributed by atoms with van der Waals surface area (Å²) in [5, 5.41) is 17.8. The summed E-state index contributed by atoms with van der Waals surface area (Å²) in [4.78, 5) is 13.4. The lowest BCUT2D eigenvalue weighted by Crippen LogP contribution is -2.25. The molecular weight excluding hydrogens is 242 g/mol. The number of likely N-dealkylation sites (N-methyl/N-ethyl adjacent to an activating group) is 1. The summed E-state index contributed by atoms with van der Waals surface area (Å²) < 4.78 is 0. The van der Waals surface area contributed by atoms with Crippen LogP contribution in [-0.4, -0.2) is 41.2 Å². The summed E-state index contributed by atoms with van der Waals surface area (Å²) in [6.45, 7) is 0.900. The minimum Gasteiger partial charge on any atom is -0.508 e. The molecule has 1 amide bonds. The molecule has 0 unspecified atom stereocenters. The maximum atomic E-state index is 11.8. The van der Waals surface area contributed by atoms with Crippen LogP contribution < -0.4 is 0 Å². The van der Waals surface area contributed by atoms with E-state index in [-0.39, 0.29) is 18.3 Å². The van der Waals surface area contributed by atoms with E-state index in [9.17, 15) is 4.79 Å². The van der Waals surface area contributed by atoms with Gasteiger partial charge in [0.2, 0.25) is 5.91 Å². The van der Waals surface area contributed by atoms with E-state index in [2.05, 4.69) is 0 Å². The number of aliphatic hydroxyl groups is 1. The zero-order chi connectivity index (χ0) is 14.1. The predicted octanol–water partition coefficient (Wildman–Crippen LogP) is 2.03. The van der Waals surface area contributed by atoms with Crippen LogP contribution in [0.1, 0.15) is 24.8 Å². The first-order valence-electron chi connectivity index (χ1n) is 6.46. The molecule has 0 fully saturated rings. The van der Waals surface area contributed by atoms with Crippen molar-refractivity contribution in [3.63, 3.8) is 0 Å². The number of benzene rings is 1. The number of phenolic OH excluding ortho intramolecular Hbond substituents is 1. The van der Waals surface area contributed by atoms with Gasteiger partial charge in [0, 0.05) is 26.3 Å². The lowest BCUT2D eigenvalue weighted by molar-refractivity contribution is -0.124. The molecule has 2 N–H and O–H groups in total. The number of rotatable bonds is 7. The standard InChI is InChI=1S/C15H21NO3/c1-16(11-3-2-4-12-17)15(19)10-7-13-5-8-14(18)9-6-13/h5-10,17-18H,2-4,11-12H2,1H3/b10-7+. The summed E-state index contributed by atoms with van der Waals surface area (Å²) in [7, 11) is 1.77. The van der Waals surface area contributed by atoms with Crippen LogP contribution in [0.3, 0.4) is 0 Å². The molecule has 0 heterocycles. The van der Waals surface area contributed by atoms with Gasteiger partial charge in [0.25, 0.3) is 0 Å². The zero-order valence-electron chi connectivity index (χ0n) is 11.2. The number of carbonyl (C=O) groups is 1. The molecule has 19 heavy (non-hydrogen) atoms. The van der Waals surface area contributed by atoms with Crippen LogP contribution in [0.4, 0.5) is 0 Å². The Balaban J connectivity index is 2.38. The van der Waals surface area contributed by atoms with Gasteiger partial charge in [-0.15, -0.1) is 0 Å². The lowest BCUT2D eigenvalue weighted by Gasteiger charge is -2.14. The Kier molecular flexibility index (Phi) is 6.68. The third-order valence-corrected chi connectivity index (χ3v) is 2.84. The third kappa shape index (κ3) is 6.06. The van der Waals surface area contributed by atoms with Crippen molar-refractivity contribution in [1.82, 2.24) is 4.90 Å². The third-order valence-electron chi connectivity index (χ3n) is 2.84. The fourth-order valence-corrected chi connectivity index (χ4v) is 1.63. The van der Waals surface area contributed by atoms with Crippen molar-refractivity contribution in [2.75, 3.05) is 20.2 Å². The number of hydrogen-bond acceptors (Lipinski definition) is 3. The fraction of sp³-hybridized carbons (Fsp3) is 0.400. The molecule has 4 heteroatoms. The Morgan fingerprint density at radius 2 is 1.89 bits per heavy atom. The Morgan fingerprint density at radius 1 is 1.21 bits per heavy atom. The van der Waals surface area contributed by atoms with Gasteiger partial charge in [-0.3, -0.25) is 4.79 Å². The molecule has 0 spiro atoms. The second-order valence-electron chi connectivity index (χ2n) is 4.47. The van der Waals surface area contributed by atoms with Crippen molar-refractivity contribution in [2.24, 2.45) is 0 Å². The molecule has 1 rings (SSSR count). The van der Waals surface area contributed by atoms with E-state index in [0.29, 0.717) is 6.54 Å². The second-order valence-corrected chi connectivity index (χ2v) is 4.47. The number of aromatic hydroxyl groups is 1. The number of carbonyl (C=O) groups excluding carboxylic acids is 1. The smallest absolute Gasteiger partial charge is 0.246 e. The number of aliphatic hydroxyl groups excluding tert-OH is 1. The quantitative estimate of drug-likeness (QED) is 0.584. The van der Waals surface area contributed by atoms with Gasteiger partial charge in [0.05, 0.1) is 0 Å². The minimum atomic E-state index is -0.0444. The van der Waals surface area contributed by atoms with E-state index in [0.717, 1.165) is 24.8 Å². The molecule has 1 aromatic rings. The van der Waals surface area contributed by atoms with Gasteiger partial charge in [-0.05, 0) is 43.0 Å². The average Bonchev–Trinajstić information content (AvgIpc) is 2.42. The van der Waals surface area contributed by atoms with Crippen LogP contribution in [0.5, 0.6) is 5.75 Å². The SMILES string of the molecule is CN(CCCCCO)C(=O)/C=C/c1ccc(O)cc1. The van der Waals surface area contributed by atoms with E-state index in [4.69, 9.17) is 10.2 Å². The molecule has 4 nitrogen and oxygen atoms in total. The summed E-state index contributed by atoms with van der Waals surface area (Å²) in [5.41, 5.74) is 0.875. The summed E-state index contributed by atoms with van der Waals surface area (Å²) in [6, 6.07) is 6.67. The Morgan fingerprint density at radius 3 is 2.53 bits per heavy atom. The monoisotopic (exact) mass is 263 g/mol. The summed E-state index contributed by atoms with van der Waals surface area (Å²) in [6.07, 6.45) is 5.86. The molecule has 104 valence electrons. The van der Waals surface area contributed by atoms with E-state index in [1.807, 2.05) is 0 Å². The van der Waals surface area contributed by atoms with Crippen molar-refractivity contribution < 1.29 is 15.0 Å². The maximum Gasteiger partial charge on any atom is 0.246 e. The highest BCUT2D eigenvalue weighted by molar-refractivity contribution is 5.91. The number of phenols is 1. The molecule has 0 aromatic heterocycles. The van der Waals surface area contributed by atoms with Crippen molar-refractivity contribution >= 4 is 12.0 Å². The highest BCUT2D eigenvalue weighted by Crippen LogP contribution is 2.10. The zero-order valence-corrected chi connectivity index (χ0v) is 11.2. The van der Waals surface area contributed by atoms with Gasteiger partial charge in [-0.2, -0.15) is 0 Å². The van der Waals surface area contributed by atoms with E-state index in [1.54, 1.807) is 42.3 Å². The summed E-state index contributed by atoms with van der Waals surface area (Å²) >= 11 is 0. The Labute approximate surface area is 114 Å². The Hall–Kier alpha value is -1.81. The maximum absolute atomic E-state index is 11.8. The van der Waals surface area contributed by atoms with Crippen molar-refractivity contribution in [2.45, 2.75) is 19.3 Å². The normalized spacial score (nSPS) is 10.8. The Bertz CT molecular complexity index is 412. The predicted molar refractivity (Wildman–Crippen MR) is 75.7 cm³/mol. The highest BCUT2D eigenvalue weighted by Gasteiger charge is 2.03. The van der Waals surface area contributed by atoms with Crippen molar-refractivity contribution in [1.29, 1.82) is 0 Å². The van der Waals surface area contributed by atoms with Crippen LogP contribution in [0.25, 0.3) is 6.08 Å². The van der Waals surface area contributed by atoms with Gasteiger partial charge in [-0.25, -0.2) is 0 Å². The van der Waals surface area contributed by atoms with E-state index < -0.39 is 0 Å². The van der Waals surface area contributed by atoms with Gasteiger partial charge in [-0.1, -0.05) is 12.1 Å². The number of nitrogens with zero attached hydrogens (tertiary/aromatic N) is 1. The van der Waals surface area contributed by atoms with Gasteiger partial charge in [0.15, 0.2) is 0 Å².